The van der Waals surface area contributed by atoms with Gasteiger partial charge in [-0.2, -0.15) is 5.10 Å². The summed E-state index contributed by atoms with van der Waals surface area (Å²) in [5, 5.41) is 10.7. The van der Waals surface area contributed by atoms with Crippen LogP contribution in [0.2, 0.25) is 10.0 Å². The zero-order valence-corrected chi connectivity index (χ0v) is 15.8. The maximum absolute atomic E-state index is 12.4. The quantitative estimate of drug-likeness (QED) is 0.652. The van der Waals surface area contributed by atoms with E-state index in [0.29, 0.717) is 21.4 Å². The molecule has 1 aromatic heterocycles. The van der Waals surface area contributed by atoms with Gasteiger partial charge in [0.1, 0.15) is 6.04 Å². The standard InChI is InChI=1S/C19H16Cl2N4O2/c1-12(18(26)22-15-6-2-4-13(20)10-15)25-9-8-17(24-25)19(27)23-16-7-3-5-14(21)11-16/h2-12H,1H3,(H,22,26)(H,23,27)/t12-/m0/s1. The van der Waals surface area contributed by atoms with Crippen LogP contribution in [0.3, 0.4) is 0 Å². The van der Waals surface area contributed by atoms with Crippen molar-refractivity contribution >= 4 is 46.4 Å². The Balaban J connectivity index is 1.67. The number of hydrogen-bond acceptors (Lipinski definition) is 3. The van der Waals surface area contributed by atoms with E-state index in [1.54, 1.807) is 67.7 Å². The molecule has 8 heteroatoms. The van der Waals surface area contributed by atoms with E-state index in [-0.39, 0.29) is 11.6 Å². The molecule has 0 spiro atoms. The predicted molar refractivity (Wildman–Crippen MR) is 106 cm³/mol. The molecule has 6 nitrogen and oxygen atoms in total. The minimum absolute atomic E-state index is 0.192. The summed E-state index contributed by atoms with van der Waals surface area (Å²) in [7, 11) is 0. The van der Waals surface area contributed by atoms with E-state index < -0.39 is 11.9 Å². The summed E-state index contributed by atoms with van der Waals surface area (Å²) in [6.45, 7) is 1.69. The molecule has 0 aliphatic carbocycles. The van der Waals surface area contributed by atoms with Gasteiger partial charge in [0.15, 0.2) is 5.69 Å². The van der Waals surface area contributed by atoms with Crippen molar-refractivity contribution in [3.05, 3.63) is 76.5 Å². The van der Waals surface area contributed by atoms with Gasteiger partial charge in [0.25, 0.3) is 5.91 Å². The van der Waals surface area contributed by atoms with Crippen LogP contribution in [0.5, 0.6) is 0 Å². The summed E-state index contributed by atoms with van der Waals surface area (Å²) in [6.07, 6.45) is 1.58. The Hall–Kier alpha value is -2.83. The molecule has 138 valence electrons. The fraction of sp³-hybridized carbons (Fsp3) is 0.105. The molecule has 0 bridgehead atoms. The normalized spacial score (nSPS) is 11.7. The van der Waals surface area contributed by atoms with Crippen LogP contribution in [-0.2, 0) is 4.79 Å². The number of nitrogens with one attached hydrogen (secondary N) is 2. The molecular weight excluding hydrogens is 387 g/mol. The second-order valence-electron chi connectivity index (χ2n) is 5.82. The third-order valence-corrected chi connectivity index (χ3v) is 4.26. The van der Waals surface area contributed by atoms with Crippen molar-refractivity contribution in [3.63, 3.8) is 0 Å². The highest BCUT2D eigenvalue weighted by Gasteiger charge is 2.18. The van der Waals surface area contributed by atoms with Gasteiger partial charge in [-0.25, -0.2) is 0 Å². The van der Waals surface area contributed by atoms with Gasteiger partial charge >= 0.3 is 0 Å². The first-order valence-corrected chi connectivity index (χ1v) is 8.86. The number of anilines is 2. The lowest BCUT2D eigenvalue weighted by molar-refractivity contribution is -0.119. The molecule has 0 aliphatic rings. The molecule has 3 rings (SSSR count). The van der Waals surface area contributed by atoms with Gasteiger partial charge in [0, 0.05) is 27.6 Å². The van der Waals surface area contributed by atoms with Crippen molar-refractivity contribution in [2.24, 2.45) is 0 Å². The molecule has 2 aromatic carbocycles. The predicted octanol–water partition coefficient (Wildman–Crippen LogP) is 4.64. The molecule has 0 saturated carbocycles. The summed E-state index contributed by atoms with van der Waals surface area (Å²) in [5.74, 6) is -0.666. The Morgan fingerprint density at radius 3 is 2.15 bits per heavy atom. The number of halogens is 2. The number of nitrogens with zero attached hydrogens (tertiary/aromatic N) is 2. The third-order valence-electron chi connectivity index (χ3n) is 3.79. The summed E-state index contributed by atoms with van der Waals surface area (Å²) in [6, 6.07) is 14.6. The number of rotatable bonds is 5. The number of amides is 2. The van der Waals surface area contributed by atoms with Gasteiger partial charge in [-0.3, -0.25) is 14.3 Å². The molecule has 3 aromatic rings. The van der Waals surface area contributed by atoms with E-state index in [1.807, 2.05) is 0 Å². The first kappa shape index (κ1) is 18.9. The molecular formula is C19H16Cl2N4O2. The Bertz CT molecular complexity index is 987. The monoisotopic (exact) mass is 402 g/mol. The zero-order chi connectivity index (χ0) is 19.4. The second kappa shape index (κ2) is 8.24. The molecule has 0 radical (unpaired) electrons. The van der Waals surface area contributed by atoms with Crippen molar-refractivity contribution in [2.75, 3.05) is 10.6 Å². The molecule has 2 amide bonds. The van der Waals surface area contributed by atoms with Gasteiger partial charge in [0.05, 0.1) is 0 Å². The summed E-state index contributed by atoms with van der Waals surface area (Å²) < 4.78 is 1.42. The highest BCUT2D eigenvalue weighted by atomic mass is 35.5. The Labute approximate surface area is 166 Å². The molecule has 0 aliphatic heterocycles. The van der Waals surface area contributed by atoms with Crippen molar-refractivity contribution in [1.82, 2.24) is 9.78 Å². The van der Waals surface area contributed by atoms with Crippen LogP contribution in [0.15, 0.2) is 60.8 Å². The Kier molecular flexibility index (Phi) is 5.78. The molecule has 0 saturated heterocycles. The van der Waals surface area contributed by atoms with Gasteiger partial charge < -0.3 is 10.6 Å². The number of carbonyl (C=O) groups excluding carboxylic acids is 2. The number of aromatic nitrogens is 2. The first-order chi connectivity index (χ1) is 12.9. The topological polar surface area (TPSA) is 76.0 Å². The first-order valence-electron chi connectivity index (χ1n) is 8.11. The minimum Gasteiger partial charge on any atom is -0.324 e. The van der Waals surface area contributed by atoms with Gasteiger partial charge in [-0.15, -0.1) is 0 Å². The van der Waals surface area contributed by atoms with Crippen molar-refractivity contribution < 1.29 is 9.59 Å². The van der Waals surface area contributed by atoms with Crippen LogP contribution in [0.4, 0.5) is 11.4 Å². The second-order valence-corrected chi connectivity index (χ2v) is 6.69. The van der Waals surface area contributed by atoms with Crippen molar-refractivity contribution in [2.45, 2.75) is 13.0 Å². The van der Waals surface area contributed by atoms with Crippen molar-refractivity contribution in [3.8, 4) is 0 Å². The largest absolute Gasteiger partial charge is 0.324 e. The smallest absolute Gasteiger partial charge is 0.276 e. The van der Waals surface area contributed by atoms with Crippen LogP contribution in [-0.4, -0.2) is 21.6 Å². The Morgan fingerprint density at radius 2 is 1.56 bits per heavy atom. The molecule has 1 heterocycles. The zero-order valence-electron chi connectivity index (χ0n) is 14.3. The fourth-order valence-corrected chi connectivity index (χ4v) is 2.75. The molecule has 2 N–H and O–H groups in total. The lowest BCUT2D eigenvalue weighted by Crippen LogP contribution is -2.24. The summed E-state index contributed by atoms with van der Waals surface area (Å²) in [4.78, 5) is 24.7. The Morgan fingerprint density at radius 1 is 0.963 bits per heavy atom. The summed E-state index contributed by atoms with van der Waals surface area (Å²) >= 11 is 11.8. The van der Waals surface area contributed by atoms with Crippen molar-refractivity contribution in [1.29, 1.82) is 0 Å². The molecule has 0 unspecified atom stereocenters. The number of carbonyl (C=O) groups is 2. The molecule has 1 atom stereocenters. The van der Waals surface area contributed by atoms with Crippen LogP contribution < -0.4 is 10.6 Å². The van der Waals surface area contributed by atoms with E-state index >= 15 is 0 Å². The lowest BCUT2D eigenvalue weighted by Gasteiger charge is -2.13. The van der Waals surface area contributed by atoms with E-state index in [4.69, 9.17) is 23.2 Å². The lowest BCUT2D eigenvalue weighted by atomic mass is 10.2. The van der Waals surface area contributed by atoms with Crippen LogP contribution in [0, 0.1) is 0 Å². The number of hydrogen-bond donors (Lipinski definition) is 2. The SMILES string of the molecule is C[C@@H](C(=O)Nc1cccc(Cl)c1)n1ccc(C(=O)Nc2cccc(Cl)c2)n1. The van der Waals surface area contributed by atoms with Gasteiger partial charge in [0.2, 0.25) is 5.91 Å². The van der Waals surface area contributed by atoms with E-state index in [1.165, 1.54) is 4.68 Å². The van der Waals surface area contributed by atoms with Gasteiger partial charge in [-0.05, 0) is 49.4 Å². The van der Waals surface area contributed by atoms with E-state index in [0.717, 1.165) is 0 Å². The van der Waals surface area contributed by atoms with Crippen LogP contribution in [0.1, 0.15) is 23.5 Å². The van der Waals surface area contributed by atoms with E-state index in [9.17, 15) is 9.59 Å². The highest BCUT2D eigenvalue weighted by molar-refractivity contribution is 6.31. The average Bonchev–Trinajstić information content (AvgIpc) is 3.11. The maximum Gasteiger partial charge on any atom is 0.276 e. The molecule has 0 fully saturated rings. The average molecular weight is 403 g/mol. The van der Waals surface area contributed by atoms with E-state index in [2.05, 4.69) is 15.7 Å². The number of benzene rings is 2. The van der Waals surface area contributed by atoms with Gasteiger partial charge in [-0.1, -0.05) is 35.3 Å². The van der Waals surface area contributed by atoms with Crippen LogP contribution >= 0.6 is 23.2 Å². The van der Waals surface area contributed by atoms with Crippen LogP contribution in [0.25, 0.3) is 0 Å². The molecule has 27 heavy (non-hydrogen) atoms. The third kappa shape index (κ3) is 4.87. The highest BCUT2D eigenvalue weighted by Crippen LogP contribution is 2.18. The maximum atomic E-state index is 12.4. The minimum atomic E-state index is -0.614. The summed E-state index contributed by atoms with van der Waals surface area (Å²) in [5.41, 5.74) is 1.34. The fourth-order valence-electron chi connectivity index (χ4n) is 2.37.